The van der Waals surface area contributed by atoms with Gasteiger partial charge in [-0.05, 0) is 19.4 Å². The molecule has 0 aliphatic carbocycles. The van der Waals surface area contributed by atoms with Gasteiger partial charge in [-0.3, -0.25) is 0 Å². The molecule has 19 heavy (non-hydrogen) atoms. The zero-order valence-electron chi connectivity index (χ0n) is 11.6. The number of aryl methyl sites for hydroxylation is 1. The summed E-state index contributed by atoms with van der Waals surface area (Å²) >= 11 is 0. The molecule has 1 aromatic heterocycles. The van der Waals surface area contributed by atoms with E-state index in [9.17, 15) is 0 Å². The Hall–Kier alpha value is -1.65. The van der Waals surface area contributed by atoms with Crippen molar-refractivity contribution in [3.8, 4) is 0 Å². The van der Waals surface area contributed by atoms with Crippen LogP contribution in [0.15, 0.2) is 42.9 Å². The SMILES string of the molecule is CCn1cncc1C(CN)NC(C)c1ccccc1. The van der Waals surface area contributed by atoms with Crippen molar-refractivity contribution in [2.45, 2.75) is 32.5 Å². The topological polar surface area (TPSA) is 55.9 Å². The van der Waals surface area contributed by atoms with Gasteiger partial charge in [0.05, 0.1) is 18.1 Å². The highest BCUT2D eigenvalue weighted by atomic mass is 15.1. The number of hydrogen-bond donors (Lipinski definition) is 2. The molecule has 0 spiro atoms. The molecule has 1 heterocycles. The zero-order valence-corrected chi connectivity index (χ0v) is 11.6. The average Bonchev–Trinajstić information content (AvgIpc) is 2.93. The molecule has 0 bridgehead atoms. The predicted molar refractivity (Wildman–Crippen MR) is 77.7 cm³/mol. The van der Waals surface area contributed by atoms with Crippen LogP contribution in [0.2, 0.25) is 0 Å². The highest BCUT2D eigenvalue weighted by molar-refractivity contribution is 5.19. The van der Waals surface area contributed by atoms with Crippen molar-refractivity contribution < 1.29 is 0 Å². The van der Waals surface area contributed by atoms with Crippen LogP contribution in [0.3, 0.4) is 0 Å². The molecule has 0 saturated heterocycles. The molecule has 0 radical (unpaired) electrons. The standard InChI is InChI=1S/C15H22N4/c1-3-19-11-17-10-15(19)14(9-16)18-12(2)13-7-5-4-6-8-13/h4-8,10-12,14,18H,3,9,16H2,1-2H3. The van der Waals surface area contributed by atoms with E-state index in [4.69, 9.17) is 5.73 Å². The third-order valence-corrected chi connectivity index (χ3v) is 3.43. The third-order valence-electron chi connectivity index (χ3n) is 3.43. The molecule has 0 fully saturated rings. The summed E-state index contributed by atoms with van der Waals surface area (Å²) in [6.07, 6.45) is 3.75. The molecular formula is C15H22N4. The van der Waals surface area contributed by atoms with Gasteiger partial charge in [-0.1, -0.05) is 30.3 Å². The predicted octanol–water partition coefficient (Wildman–Crippen LogP) is 2.25. The van der Waals surface area contributed by atoms with E-state index in [1.807, 2.05) is 18.6 Å². The fourth-order valence-electron chi connectivity index (χ4n) is 2.30. The average molecular weight is 258 g/mol. The van der Waals surface area contributed by atoms with E-state index >= 15 is 0 Å². The van der Waals surface area contributed by atoms with Crippen LogP contribution >= 0.6 is 0 Å². The van der Waals surface area contributed by atoms with Gasteiger partial charge in [-0.15, -0.1) is 0 Å². The first-order valence-corrected chi connectivity index (χ1v) is 6.77. The second-order valence-corrected chi connectivity index (χ2v) is 4.69. The molecule has 0 aliphatic rings. The summed E-state index contributed by atoms with van der Waals surface area (Å²) in [4.78, 5) is 4.21. The fraction of sp³-hybridized carbons (Fsp3) is 0.400. The Bertz CT molecular complexity index is 492. The largest absolute Gasteiger partial charge is 0.333 e. The van der Waals surface area contributed by atoms with Crippen LogP contribution in [0.4, 0.5) is 0 Å². The maximum atomic E-state index is 5.91. The Labute approximate surface area is 114 Å². The van der Waals surface area contributed by atoms with Crippen LogP contribution in [0.25, 0.3) is 0 Å². The molecule has 4 nitrogen and oxygen atoms in total. The Morgan fingerprint density at radius 1 is 1.32 bits per heavy atom. The molecule has 2 aromatic rings. The van der Waals surface area contributed by atoms with Crippen molar-refractivity contribution in [3.63, 3.8) is 0 Å². The summed E-state index contributed by atoms with van der Waals surface area (Å²) in [6.45, 7) is 5.74. The lowest BCUT2D eigenvalue weighted by Crippen LogP contribution is -2.32. The summed E-state index contributed by atoms with van der Waals surface area (Å²) in [5, 5.41) is 3.57. The number of nitrogens with two attached hydrogens (primary N) is 1. The Morgan fingerprint density at radius 3 is 2.68 bits per heavy atom. The van der Waals surface area contributed by atoms with Gasteiger partial charge in [0.15, 0.2) is 0 Å². The second kappa shape index (κ2) is 6.50. The van der Waals surface area contributed by atoms with Crippen LogP contribution < -0.4 is 11.1 Å². The summed E-state index contributed by atoms with van der Waals surface area (Å²) < 4.78 is 2.13. The molecular weight excluding hydrogens is 236 g/mol. The van der Waals surface area contributed by atoms with E-state index < -0.39 is 0 Å². The minimum atomic E-state index is 0.123. The minimum absolute atomic E-state index is 0.123. The van der Waals surface area contributed by atoms with E-state index in [0.29, 0.717) is 6.54 Å². The molecule has 4 heteroatoms. The Morgan fingerprint density at radius 2 is 2.05 bits per heavy atom. The van der Waals surface area contributed by atoms with E-state index in [2.05, 4.69) is 53.0 Å². The van der Waals surface area contributed by atoms with Crippen molar-refractivity contribution in [1.82, 2.24) is 14.9 Å². The normalized spacial score (nSPS) is 14.3. The van der Waals surface area contributed by atoms with E-state index in [1.54, 1.807) is 0 Å². The first kappa shape index (κ1) is 13.8. The smallest absolute Gasteiger partial charge is 0.0948 e. The highest BCUT2D eigenvalue weighted by Crippen LogP contribution is 2.18. The number of rotatable bonds is 6. The van der Waals surface area contributed by atoms with Gasteiger partial charge in [-0.25, -0.2) is 4.98 Å². The van der Waals surface area contributed by atoms with Crippen molar-refractivity contribution in [1.29, 1.82) is 0 Å². The van der Waals surface area contributed by atoms with Crippen LogP contribution in [0.1, 0.15) is 37.2 Å². The van der Waals surface area contributed by atoms with Gasteiger partial charge in [0, 0.05) is 25.3 Å². The molecule has 1 aromatic carbocycles. The highest BCUT2D eigenvalue weighted by Gasteiger charge is 2.16. The van der Waals surface area contributed by atoms with Crippen LogP contribution in [-0.4, -0.2) is 16.1 Å². The molecule has 0 aliphatic heterocycles. The van der Waals surface area contributed by atoms with E-state index in [0.717, 1.165) is 12.2 Å². The maximum absolute atomic E-state index is 5.91. The van der Waals surface area contributed by atoms with Crippen LogP contribution in [0.5, 0.6) is 0 Å². The Kier molecular flexibility index (Phi) is 4.71. The minimum Gasteiger partial charge on any atom is -0.333 e. The molecule has 3 N–H and O–H groups in total. The third kappa shape index (κ3) is 3.22. The number of nitrogens with zero attached hydrogens (tertiary/aromatic N) is 2. The number of benzene rings is 1. The fourth-order valence-corrected chi connectivity index (χ4v) is 2.30. The maximum Gasteiger partial charge on any atom is 0.0948 e. The zero-order chi connectivity index (χ0) is 13.7. The van der Waals surface area contributed by atoms with Crippen molar-refractivity contribution >= 4 is 0 Å². The van der Waals surface area contributed by atoms with E-state index in [1.165, 1.54) is 5.56 Å². The van der Waals surface area contributed by atoms with Gasteiger partial charge in [0.2, 0.25) is 0 Å². The summed E-state index contributed by atoms with van der Waals surface area (Å²) in [7, 11) is 0. The first-order chi connectivity index (χ1) is 9.26. The van der Waals surface area contributed by atoms with Crippen LogP contribution in [-0.2, 0) is 6.54 Å². The van der Waals surface area contributed by atoms with Gasteiger partial charge >= 0.3 is 0 Å². The lowest BCUT2D eigenvalue weighted by atomic mass is 10.1. The molecule has 0 amide bonds. The lowest BCUT2D eigenvalue weighted by molar-refractivity contribution is 0.450. The monoisotopic (exact) mass is 258 g/mol. The quantitative estimate of drug-likeness (QED) is 0.835. The number of nitrogens with one attached hydrogen (secondary N) is 1. The van der Waals surface area contributed by atoms with Crippen molar-refractivity contribution in [2.75, 3.05) is 6.54 Å². The molecule has 2 rings (SSSR count). The van der Waals surface area contributed by atoms with Gasteiger partial charge in [0.25, 0.3) is 0 Å². The molecule has 2 atom stereocenters. The number of hydrogen-bond acceptors (Lipinski definition) is 3. The summed E-state index contributed by atoms with van der Waals surface area (Å²) in [5.41, 5.74) is 8.32. The van der Waals surface area contributed by atoms with Crippen molar-refractivity contribution in [3.05, 3.63) is 54.1 Å². The molecule has 102 valence electrons. The summed E-state index contributed by atoms with van der Waals surface area (Å²) in [6, 6.07) is 10.8. The van der Waals surface area contributed by atoms with Crippen LogP contribution in [0, 0.1) is 0 Å². The lowest BCUT2D eigenvalue weighted by Gasteiger charge is -2.23. The Balaban J connectivity index is 2.11. The summed E-state index contributed by atoms with van der Waals surface area (Å²) in [5.74, 6) is 0. The first-order valence-electron chi connectivity index (χ1n) is 6.77. The van der Waals surface area contributed by atoms with Gasteiger partial charge < -0.3 is 15.6 Å². The molecule has 2 unspecified atom stereocenters. The van der Waals surface area contributed by atoms with Gasteiger partial charge in [-0.2, -0.15) is 0 Å². The number of imidazole rings is 1. The second-order valence-electron chi connectivity index (χ2n) is 4.69. The van der Waals surface area contributed by atoms with E-state index in [-0.39, 0.29) is 12.1 Å². The number of aromatic nitrogens is 2. The van der Waals surface area contributed by atoms with Crippen molar-refractivity contribution in [2.24, 2.45) is 5.73 Å². The molecule has 0 saturated carbocycles. The van der Waals surface area contributed by atoms with Gasteiger partial charge in [0.1, 0.15) is 0 Å².